The van der Waals surface area contributed by atoms with Gasteiger partial charge in [-0.05, 0) is 24.1 Å². The van der Waals surface area contributed by atoms with Gasteiger partial charge in [-0.2, -0.15) is 13.2 Å². The first-order valence-electron chi connectivity index (χ1n) is 8.51. The minimum absolute atomic E-state index is 0.155. The monoisotopic (exact) mass is 393 g/mol. The van der Waals surface area contributed by atoms with Crippen LogP contribution in [-0.4, -0.2) is 40.0 Å². The predicted molar refractivity (Wildman–Crippen MR) is 87.7 cm³/mol. The number of halogens is 3. The van der Waals surface area contributed by atoms with Gasteiger partial charge < -0.3 is 9.42 Å². The number of nitrogens with one attached hydrogen (secondary N) is 1. The number of aromatic nitrogens is 1. The minimum atomic E-state index is -4.39. The zero-order valence-electron chi connectivity index (χ0n) is 14.4. The van der Waals surface area contributed by atoms with Gasteiger partial charge in [-0.15, -0.1) is 0 Å². The first kappa shape index (κ1) is 18.2. The van der Waals surface area contributed by atoms with E-state index < -0.39 is 24.5 Å². The first-order chi connectivity index (χ1) is 13.2. The van der Waals surface area contributed by atoms with E-state index in [0.717, 1.165) is 0 Å². The number of rotatable bonds is 3. The molecule has 2 aliphatic heterocycles. The second kappa shape index (κ2) is 6.47. The summed E-state index contributed by atoms with van der Waals surface area (Å²) >= 11 is 0. The van der Waals surface area contributed by atoms with Crippen LogP contribution in [0.15, 0.2) is 28.8 Å². The highest BCUT2D eigenvalue weighted by Gasteiger charge is 2.39. The molecule has 1 atom stereocenters. The lowest BCUT2D eigenvalue weighted by Gasteiger charge is -2.29. The molecule has 2 aliphatic rings. The van der Waals surface area contributed by atoms with Crippen molar-refractivity contribution in [2.24, 2.45) is 0 Å². The van der Waals surface area contributed by atoms with E-state index in [9.17, 15) is 27.6 Å². The fourth-order valence-corrected chi connectivity index (χ4v) is 3.46. The Morgan fingerprint density at radius 1 is 1.21 bits per heavy atom. The summed E-state index contributed by atoms with van der Waals surface area (Å²) in [6.07, 6.45) is -5.17. The Hall–Kier alpha value is -3.17. The fourth-order valence-electron chi connectivity index (χ4n) is 3.46. The van der Waals surface area contributed by atoms with Gasteiger partial charge in [-0.25, -0.2) is 0 Å². The van der Waals surface area contributed by atoms with Crippen molar-refractivity contribution in [1.29, 1.82) is 0 Å². The van der Waals surface area contributed by atoms with E-state index in [1.807, 2.05) is 0 Å². The van der Waals surface area contributed by atoms with Crippen molar-refractivity contribution in [1.82, 2.24) is 15.4 Å². The number of benzene rings is 1. The van der Waals surface area contributed by atoms with Crippen LogP contribution in [0.5, 0.6) is 0 Å². The molecule has 4 rings (SSSR count). The molecule has 1 fully saturated rings. The molecule has 3 amide bonds. The van der Waals surface area contributed by atoms with Gasteiger partial charge in [0.25, 0.3) is 5.91 Å². The normalized spacial score (nSPS) is 19.8. The molecular weight excluding hydrogens is 379 g/mol. The Morgan fingerprint density at radius 3 is 2.71 bits per heavy atom. The van der Waals surface area contributed by atoms with Crippen LogP contribution < -0.4 is 5.32 Å². The summed E-state index contributed by atoms with van der Waals surface area (Å²) in [6.45, 7) is 0.165. The van der Waals surface area contributed by atoms with Gasteiger partial charge in [0, 0.05) is 30.2 Å². The number of fused-ring (bicyclic) bond motifs is 1. The Bertz CT molecular complexity index is 983. The van der Waals surface area contributed by atoms with E-state index in [4.69, 9.17) is 4.52 Å². The van der Waals surface area contributed by atoms with Crippen LogP contribution in [0.1, 0.15) is 34.5 Å². The topological polar surface area (TPSA) is 92.5 Å². The summed E-state index contributed by atoms with van der Waals surface area (Å²) in [6, 6.07) is 5.22. The van der Waals surface area contributed by atoms with Gasteiger partial charge in [-0.1, -0.05) is 11.2 Å². The number of hydrogen-bond donors (Lipinski definition) is 1. The molecule has 0 saturated carbocycles. The van der Waals surface area contributed by atoms with Crippen LogP contribution in [0, 0.1) is 0 Å². The van der Waals surface area contributed by atoms with Crippen LogP contribution in [0.25, 0.3) is 11.3 Å². The van der Waals surface area contributed by atoms with Crippen LogP contribution in [0.3, 0.4) is 0 Å². The number of imide groups is 1. The Morgan fingerprint density at radius 2 is 2.00 bits per heavy atom. The van der Waals surface area contributed by atoms with Crippen molar-refractivity contribution in [3.8, 4) is 11.3 Å². The summed E-state index contributed by atoms with van der Waals surface area (Å²) in [5, 5.41) is 5.66. The van der Waals surface area contributed by atoms with Gasteiger partial charge in [0.2, 0.25) is 11.8 Å². The van der Waals surface area contributed by atoms with Crippen LogP contribution in [0.4, 0.5) is 13.2 Å². The molecule has 0 radical (unpaired) electrons. The van der Waals surface area contributed by atoms with E-state index in [0.29, 0.717) is 16.7 Å². The van der Waals surface area contributed by atoms with Crippen LogP contribution >= 0.6 is 0 Å². The Labute approximate surface area is 156 Å². The third-order valence-electron chi connectivity index (χ3n) is 4.75. The number of nitrogens with zero attached hydrogens (tertiary/aromatic N) is 2. The van der Waals surface area contributed by atoms with E-state index in [2.05, 4.69) is 10.5 Å². The number of carbonyl (C=O) groups excluding carboxylic acids is 3. The quantitative estimate of drug-likeness (QED) is 0.808. The summed E-state index contributed by atoms with van der Waals surface area (Å²) in [5.74, 6) is -1.04. The lowest BCUT2D eigenvalue weighted by atomic mass is 10.0. The maximum Gasteiger partial charge on any atom is 0.394 e. The highest BCUT2D eigenvalue weighted by Crippen LogP contribution is 2.32. The molecule has 7 nitrogen and oxygen atoms in total. The SMILES string of the molecule is O=C1CCC(N2Cc3cc(-c4cc(CC(F)(F)F)no4)ccc3C2=O)C(=O)N1. The third kappa shape index (κ3) is 3.37. The highest BCUT2D eigenvalue weighted by molar-refractivity contribution is 6.05. The number of carbonyl (C=O) groups is 3. The van der Waals surface area contributed by atoms with Crippen molar-refractivity contribution in [3.05, 3.63) is 41.1 Å². The van der Waals surface area contributed by atoms with E-state index in [1.54, 1.807) is 18.2 Å². The number of amides is 3. The second-order valence-electron chi connectivity index (χ2n) is 6.75. The molecular formula is C18H14F3N3O4. The predicted octanol–water partition coefficient (Wildman–Crippen LogP) is 2.21. The van der Waals surface area contributed by atoms with Crippen molar-refractivity contribution < 1.29 is 32.1 Å². The summed E-state index contributed by atoms with van der Waals surface area (Å²) in [5.41, 5.74) is 1.28. The van der Waals surface area contributed by atoms with Crippen LogP contribution in [-0.2, 0) is 22.6 Å². The van der Waals surface area contributed by atoms with Gasteiger partial charge in [0.05, 0.1) is 12.1 Å². The third-order valence-corrected chi connectivity index (χ3v) is 4.75. The molecule has 1 aromatic carbocycles. The molecule has 0 spiro atoms. The van der Waals surface area contributed by atoms with E-state index in [1.165, 1.54) is 11.0 Å². The molecule has 1 N–H and O–H groups in total. The second-order valence-corrected chi connectivity index (χ2v) is 6.75. The average molecular weight is 393 g/mol. The molecule has 28 heavy (non-hydrogen) atoms. The van der Waals surface area contributed by atoms with Gasteiger partial charge in [0.15, 0.2) is 5.76 Å². The largest absolute Gasteiger partial charge is 0.394 e. The van der Waals surface area contributed by atoms with Crippen molar-refractivity contribution in [3.63, 3.8) is 0 Å². The number of piperidine rings is 1. The van der Waals surface area contributed by atoms with Crippen molar-refractivity contribution >= 4 is 17.7 Å². The van der Waals surface area contributed by atoms with E-state index in [-0.39, 0.29) is 42.7 Å². The Balaban J connectivity index is 1.56. The van der Waals surface area contributed by atoms with E-state index >= 15 is 0 Å². The Kier molecular flexibility index (Phi) is 4.20. The zero-order chi connectivity index (χ0) is 20.1. The zero-order valence-corrected chi connectivity index (χ0v) is 14.4. The van der Waals surface area contributed by atoms with Gasteiger partial charge >= 0.3 is 6.18 Å². The highest BCUT2D eigenvalue weighted by atomic mass is 19.4. The van der Waals surface area contributed by atoms with Crippen molar-refractivity contribution in [2.75, 3.05) is 0 Å². The number of hydrogen-bond acceptors (Lipinski definition) is 5. The summed E-state index contributed by atoms with van der Waals surface area (Å²) in [4.78, 5) is 37.4. The number of alkyl halides is 3. The first-order valence-corrected chi connectivity index (χ1v) is 8.51. The molecule has 2 aromatic rings. The lowest BCUT2D eigenvalue weighted by molar-refractivity contribution is -0.137. The lowest BCUT2D eigenvalue weighted by Crippen LogP contribution is -2.52. The average Bonchev–Trinajstić information content (AvgIpc) is 3.18. The van der Waals surface area contributed by atoms with Crippen molar-refractivity contribution in [2.45, 2.75) is 38.0 Å². The standard InChI is InChI=1S/C18H14F3N3O4/c19-18(20,21)7-11-6-14(28-23-11)9-1-2-12-10(5-9)8-24(17(12)27)13-3-4-15(25)22-16(13)26/h1-2,5-6,13H,3-4,7-8H2,(H,22,25,26). The molecule has 0 bridgehead atoms. The molecule has 0 aliphatic carbocycles. The molecule has 146 valence electrons. The molecule has 1 saturated heterocycles. The maximum atomic E-state index is 12.6. The fraction of sp³-hybridized carbons (Fsp3) is 0.333. The molecule has 3 heterocycles. The summed E-state index contributed by atoms with van der Waals surface area (Å²) < 4.78 is 42.4. The maximum absolute atomic E-state index is 12.6. The van der Waals surface area contributed by atoms with Crippen LogP contribution in [0.2, 0.25) is 0 Å². The molecule has 1 unspecified atom stereocenters. The summed E-state index contributed by atoms with van der Waals surface area (Å²) in [7, 11) is 0. The minimum Gasteiger partial charge on any atom is -0.356 e. The molecule has 10 heteroatoms. The van der Waals surface area contributed by atoms with Gasteiger partial charge in [-0.3, -0.25) is 19.7 Å². The van der Waals surface area contributed by atoms with Gasteiger partial charge in [0.1, 0.15) is 6.04 Å². The smallest absolute Gasteiger partial charge is 0.356 e. The molecule has 1 aromatic heterocycles.